The summed E-state index contributed by atoms with van der Waals surface area (Å²) in [6, 6.07) is 0.817. The van der Waals surface area contributed by atoms with Crippen LogP contribution in [0.15, 0.2) is 0 Å². The van der Waals surface area contributed by atoms with Crippen LogP contribution in [0.2, 0.25) is 0 Å². The summed E-state index contributed by atoms with van der Waals surface area (Å²) in [7, 11) is 0. The summed E-state index contributed by atoms with van der Waals surface area (Å²) < 4.78 is 5.48. The predicted octanol–water partition coefficient (Wildman–Crippen LogP) is 0.444. The van der Waals surface area contributed by atoms with Gasteiger partial charge in [-0.3, -0.25) is 4.90 Å². The predicted molar refractivity (Wildman–Crippen MR) is 52.6 cm³/mol. The highest BCUT2D eigenvalue weighted by Crippen LogP contribution is 2.21. The molecule has 2 aliphatic heterocycles. The van der Waals surface area contributed by atoms with Crippen LogP contribution in [0.3, 0.4) is 0 Å². The summed E-state index contributed by atoms with van der Waals surface area (Å²) in [6.07, 6.45) is 2.35. The number of nitrogens with two attached hydrogens (primary N) is 1. The van der Waals surface area contributed by atoms with Crippen molar-refractivity contribution in [1.29, 1.82) is 0 Å². The van der Waals surface area contributed by atoms with Gasteiger partial charge in [0.05, 0.1) is 6.61 Å². The Hall–Kier alpha value is -0.120. The van der Waals surface area contributed by atoms with Gasteiger partial charge in [-0.05, 0) is 25.3 Å². The summed E-state index contributed by atoms with van der Waals surface area (Å²) >= 11 is 0. The molecule has 0 aromatic carbocycles. The number of hydrogen-bond acceptors (Lipinski definition) is 3. The molecular weight excluding hydrogens is 164 g/mol. The Bertz CT molecular complexity index is 174. The largest absolute Gasteiger partial charge is 0.380 e. The van der Waals surface area contributed by atoms with Crippen molar-refractivity contribution >= 4 is 0 Å². The number of hydrogen-bond donors (Lipinski definition) is 1. The van der Waals surface area contributed by atoms with Crippen molar-refractivity contribution in [2.75, 3.05) is 26.3 Å². The van der Waals surface area contributed by atoms with Gasteiger partial charge in [-0.15, -0.1) is 0 Å². The number of likely N-dealkylation sites (tertiary alicyclic amines) is 1. The molecular formula is C10H20N2O. The molecule has 0 aromatic rings. The van der Waals surface area contributed by atoms with Gasteiger partial charge < -0.3 is 10.5 Å². The van der Waals surface area contributed by atoms with E-state index in [0.717, 1.165) is 25.6 Å². The molecule has 0 radical (unpaired) electrons. The van der Waals surface area contributed by atoms with Crippen molar-refractivity contribution in [3.63, 3.8) is 0 Å². The van der Waals surface area contributed by atoms with Gasteiger partial charge >= 0.3 is 0 Å². The van der Waals surface area contributed by atoms with Crippen LogP contribution in [-0.4, -0.2) is 43.3 Å². The maximum absolute atomic E-state index is 6.08. The van der Waals surface area contributed by atoms with E-state index in [1.54, 1.807) is 0 Å². The Morgan fingerprint density at radius 2 is 2.23 bits per heavy atom. The molecule has 3 heteroatoms. The van der Waals surface area contributed by atoms with Crippen molar-refractivity contribution in [2.24, 2.45) is 11.7 Å². The lowest BCUT2D eigenvalue weighted by Gasteiger charge is -2.35. The number of nitrogens with zero attached hydrogens (tertiary/aromatic N) is 1. The van der Waals surface area contributed by atoms with E-state index in [1.165, 1.54) is 19.5 Å². The Kier molecular flexibility index (Phi) is 2.86. The molecule has 2 rings (SSSR count). The van der Waals surface area contributed by atoms with Gasteiger partial charge in [-0.25, -0.2) is 0 Å². The van der Waals surface area contributed by atoms with E-state index in [1.807, 2.05) is 0 Å². The third-order valence-corrected chi connectivity index (χ3v) is 3.30. The molecule has 0 aromatic heterocycles. The first-order valence-corrected chi connectivity index (χ1v) is 5.35. The normalized spacial score (nSPS) is 42.5. The van der Waals surface area contributed by atoms with Gasteiger partial charge in [0, 0.05) is 25.2 Å². The Morgan fingerprint density at radius 1 is 1.38 bits per heavy atom. The zero-order chi connectivity index (χ0) is 9.26. The molecule has 2 aliphatic rings. The molecule has 0 bridgehead atoms. The SMILES string of the molecule is CC1CCN(C2COCCC2N)C1. The molecule has 2 N–H and O–H groups in total. The van der Waals surface area contributed by atoms with Crippen molar-refractivity contribution < 1.29 is 4.74 Å². The van der Waals surface area contributed by atoms with Crippen LogP contribution in [0.4, 0.5) is 0 Å². The second kappa shape index (κ2) is 3.95. The maximum Gasteiger partial charge on any atom is 0.0636 e. The molecule has 3 nitrogen and oxygen atoms in total. The minimum Gasteiger partial charge on any atom is -0.380 e. The first-order chi connectivity index (χ1) is 6.27. The van der Waals surface area contributed by atoms with Crippen LogP contribution in [0, 0.1) is 5.92 Å². The molecule has 0 saturated carbocycles. The molecule has 0 spiro atoms. The fourth-order valence-corrected chi connectivity index (χ4v) is 2.39. The van der Waals surface area contributed by atoms with Crippen LogP contribution in [0.5, 0.6) is 0 Å². The van der Waals surface area contributed by atoms with Gasteiger partial charge in [0.2, 0.25) is 0 Å². The zero-order valence-electron chi connectivity index (χ0n) is 8.41. The van der Waals surface area contributed by atoms with Crippen molar-refractivity contribution in [1.82, 2.24) is 4.90 Å². The molecule has 2 heterocycles. The first kappa shape index (κ1) is 9.44. The molecule has 3 atom stereocenters. The first-order valence-electron chi connectivity index (χ1n) is 5.35. The highest BCUT2D eigenvalue weighted by molar-refractivity contribution is 4.88. The summed E-state index contributed by atoms with van der Waals surface area (Å²) in [5.41, 5.74) is 6.08. The van der Waals surface area contributed by atoms with Crippen molar-refractivity contribution in [3.05, 3.63) is 0 Å². The van der Waals surface area contributed by atoms with Crippen LogP contribution in [0.25, 0.3) is 0 Å². The second-order valence-electron chi connectivity index (χ2n) is 4.48. The van der Waals surface area contributed by atoms with Gasteiger partial charge in [-0.1, -0.05) is 6.92 Å². The Labute approximate surface area is 80.2 Å². The van der Waals surface area contributed by atoms with Crippen LogP contribution in [0.1, 0.15) is 19.8 Å². The van der Waals surface area contributed by atoms with Crippen LogP contribution >= 0.6 is 0 Å². The van der Waals surface area contributed by atoms with Crippen LogP contribution in [-0.2, 0) is 4.74 Å². The second-order valence-corrected chi connectivity index (χ2v) is 4.48. The highest BCUT2D eigenvalue weighted by atomic mass is 16.5. The van der Waals surface area contributed by atoms with E-state index < -0.39 is 0 Å². The van der Waals surface area contributed by atoms with E-state index >= 15 is 0 Å². The third-order valence-electron chi connectivity index (χ3n) is 3.30. The minimum absolute atomic E-state index is 0.332. The topological polar surface area (TPSA) is 38.5 Å². The highest BCUT2D eigenvalue weighted by Gasteiger charge is 2.31. The Balaban J connectivity index is 1.91. The molecule has 2 saturated heterocycles. The fourth-order valence-electron chi connectivity index (χ4n) is 2.39. The lowest BCUT2D eigenvalue weighted by atomic mass is 10.0. The molecule has 76 valence electrons. The summed E-state index contributed by atoms with van der Waals surface area (Å²) in [6.45, 7) is 6.43. The molecule has 0 amide bonds. The number of rotatable bonds is 1. The smallest absolute Gasteiger partial charge is 0.0636 e. The van der Waals surface area contributed by atoms with E-state index in [9.17, 15) is 0 Å². The molecule has 13 heavy (non-hydrogen) atoms. The lowest BCUT2D eigenvalue weighted by molar-refractivity contribution is 0.0134. The Morgan fingerprint density at radius 3 is 2.85 bits per heavy atom. The van der Waals surface area contributed by atoms with Crippen molar-refractivity contribution in [2.45, 2.75) is 31.8 Å². The summed E-state index contributed by atoms with van der Waals surface area (Å²) in [5, 5.41) is 0. The van der Waals surface area contributed by atoms with E-state index in [2.05, 4.69) is 11.8 Å². The standard InChI is InChI=1S/C10H20N2O/c1-8-2-4-12(6-8)10-7-13-5-3-9(10)11/h8-10H,2-7,11H2,1H3. The fraction of sp³-hybridized carbons (Fsp3) is 1.00. The van der Waals surface area contributed by atoms with Gasteiger partial charge in [0.1, 0.15) is 0 Å². The summed E-state index contributed by atoms with van der Waals surface area (Å²) in [5.74, 6) is 0.842. The average Bonchev–Trinajstić information content (AvgIpc) is 2.53. The van der Waals surface area contributed by atoms with Crippen LogP contribution < -0.4 is 5.73 Å². The van der Waals surface area contributed by atoms with E-state index in [0.29, 0.717) is 12.1 Å². The van der Waals surface area contributed by atoms with Gasteiger partial charge in [0.25, 0.3) is 0 Å². The molecule has 3 unspecified atom stereocenters. The van der Waals surface area contributed by atoms with E-state index in [4.69, 9.17) is 10.5 Å². The monoisotopic (exact) mass is 184 g/mol. The maximum atomic E-state index is 6.08. The zero-order valence-corrected chi connectivity index (χ0v) is 8.41. The van der Waals surface area contributed by atoms with Gasteiger partial charge in [0.15, 0.2) is 0 Å². The summed E-state index contributed by atoms with van der Waals surface area (Å²) in [4.78, 5) is 2.51. The molecule has 2 fully saturated rings. The van der Waals surface area contributed by atoms with E-state index in [-0.39, 0.29) is 0 Å². The average molecular weight is 184 g/mol. The third kappa shape index (κ3) is 2.03. The minimum atomic E-state index is 0.332. The van der Waals surface area contributed by atoms with Gasteiger partial charge in [-0.2, -0.15) is 0 Å². The lowest BCUT2D eigenvalue weighted by Crippen LogP contribution is -2.52. The quantitative estimate of drug-likeness (QED) is 0.643. The van der Waals surface area contributed by atoms with Crippen molar-refractivity contribution in [3.8, 4) is 0 Å². The number of ether oxygens (including phenoxy) is 1. The molecule has 0 aliphatic carbocycles.